The van der Waals surface area contributed by atoms with Gasteiger partial charge in [-0.1, -0.05) is 62.4 Å². The van der Waals surface area contributed by atoms with Crippen LogP contribution in [0.5, 0.6) is 0 Å². The van der Waals surface area contributed by atoms with E-state index >= 15 is 0 Å². The fourth-order valence-corrected chi connectivity index (χ4v) is 5.81. The number of benzene rings is 1. The summed E-state index contributed by atoms with van der Waals surface area (Å²) in [5.74, 6) is -3.16. The maximum absolute atomic E-state index is 13.8. The van der Waals surface area contributed by atoms with E-state index < -0.39 is 59.6 Å². The number of aliphatic carboxylic acids is 1. The number of ether oxygens (including phenoxy) is 2. The molecule has 1 heterocycles. The van der Waals surface area contributed by atoms with Crippen LogP contribution >= 0.6 is 0 Å². The van der Waals surface area contributed by atoms with Crippen LogP contribution in [0.3, 0.4) is 0 Å². The molecule has 12 nitrogen and oxygen atoms in total. The molecule has 4 amide bonds. The van der Waals surface area contributed by atoms with Crippen molar-refractivity contribution in [2.24, 2.45) is 11.8 Å². The molecule has 5 N–H and O–H groups in total. The van der Waals surface area contributed by atoms with Crippen LogP contribution in [0.15, 0.2) is 30.3 Å². The first-order valence-electron chi connectivity index (χ1n) is 15.6. The van der Waals surface area contributed by atoms with Crippen molar-refractivity contribution in [3.8, 4) is 0 Å². The number of alkyl carbamates (subject to hydrolysis) is 1. The van der Waals surface area contributed by atoms with Crippen molar-refractivity contribution < 1.29 is 38.6 Å². The van der Waals surface area contributed by atoms with Crippen molar-refractivity contribution in [2.75, 3.05) is 6.54 Å². The standard InChI is InChI=1S/C32H48N4O8/c1-20(44-32(2,3)4)26(36-31(42)43-19-22-13-9-6-10-14-22)29(39)34-24(17-21-11-7-5-8-12-21)28(38)35-25(30(40)41)18-23-15-16-33-27(23)37/h6,9-10,13-14,20-21,23-26H,5,7-8,11-12,15-19H2,1-4H3,(H,33,37)(H,34,39)(H,35,38)(H,36,42)(H,40,41)/t20?,23-,24?,25?,26?/m0/s1. The minimum absolute atomic E-state index is 0.00216. The number of carboxylic acid groups (broad SMARTS) is 1. The van der Waals surface area contributed by atoms with Crippen LogP contribution in [0.4, 0.5) is 4.79 Å². The highest BCUT2D eigenvalue weighted by Crippen LogP contribution is 2.28. The number of amides is 4. The predicted octanol–water partition coefficient (Wildman–Crippen LogP) is 3.04. The minimum Gasteiger partial charge on any atom is -0.480 e. The SMILES string of the molecule is CC(OC(C)(C)C)C(NC(=O)OCc1ccccc1)C(=O)NC(CC1CCCCC1)C(=O)NC(C[C@@H]1CCNC1=O)C(=O)O. The van der Waals surface area contributed by atoms with Crippen LogP contribution in [0.2, 0.25) is 0 Å². The molecular formula is C32H48N4O8. The third-order valence-electron chi connectivity index (χ3n) is 8.00. The molecule has 1 aliphatic carbocycles. The lowest BCUT2D eigenvalue weighted by molar-refractivity contribution is -0.143. The summed E-state index contributed by atoms with van der Waals surface area (Å²) in [6.45, 7) is 7.57. The molecule has 1 saturated carbocycles. The van der Waals surface area contributed by atoms with Gasteiger partial charge in [0.05, 0.1) is 11.7 Å². The predicted molar refractivity (Wildman–Crippen MR) is 162 cm³/mol. The summed E-state index contributed by atoms with van der Waals surface area (Å²) in [5, 5.41) is 20.5. The normalized spacial score (nSPS) is 20.0. The average molecular weight is 617 g/mol. The molecule has 12 heteroatoms. The Morgan fingerprint density at radius 1 is 0.932 bits per heavy atom. The third kappa shape index (κ3) is 11.4. The zero-order valence-corrected chi connectivity index (χ0v) is 26.2. The zero-order valence-electron chi connectivity index (χ0n) is 26.2. The number of hydrogen-bond acceptors (Lipinski definition) is 7. The number of carboxylic acids is 1. The van der Waals surface area contributed by atoms with Gasteiger partial charge in [0.25, 0.3) is 0 Å². The first-order chi connectivity index (χ1) is 20.8. The van der Waals surface area contributed by atoms with E-state index in [0.29, 0.717) is 19.4 Å². The lowest BCUT2D eigenvalue weighted by atomic mass is 9.84. The summed E-state index contributed by atoms with van der Waals surface area (Å²) < 4.78 is 11.4. The molecule has 3 rings (SSSR count). The molecule has 2 aliphatic rings. The molecule has 44 heavy (non-hydrogen) atoms. The van der Waals surface area contributed by atoms with Gasteiger partial charge in [0.15, 0.2) is 0 Å². The lowest BCUT2D eigenvalue weighted by Gasteiger charge is -2.32. The Balaban J connectivity index is 1.76. The summed E-state index contributed by atoms with van der Waals surface area (Å²) >= 11 is 0. The number of hydrogen-bond donors (Lipinski definition) is 5. The summed E-state index contributed by atoms with van der Waals surface area (Å²) in [5.41, 5.74) is 0.128. The molecule has 1 saturated heterocycles. The number of carbonyl (C=O) groups is 5. The maximum atomic E-state index is 13.8. The fourth-order valence-electron chi connectivity index (χ4n) is 5.81. The van der Waals surface area contributed by atoms with Gasteiger partial charge in [-0.05, 0) is 58.4 Å². The summed E-state index contributed by atoms with van der Waals surface area (Å²) in [7, 11) is 0. The smallest absolute Gasteiger partial charge is 0.408 e. The van der Waals surface area contributed by atoms with Crippen molar-refractivity contribution in [1.29, 1.82) is 0 Å². The van der Waals surface area contributed by atoms with E-state index in [1.54, 1.807) is 19.1 Å². The highest BCUT2D eigenvalue weighted by Gasteiger charge is 2.37. The summed E-state index contributed by atoms with van der Waals surface area (Å²) in [6.07, 6.45) is 4.02. The van der Waals surface area contributed by atoms with Crippen LogP contribution in [-0.2, 0) is 35.3 Å². The van der Waals surface area contributed by atoms with E-state index in [0.717, 1.165) is 37.7 Å². The molecule has 0 bridgehead atoms. The zero-order chi connectivity index (χ0) is 32.3. The summed E-state index contributed by atoms with van der Waals surface area (Å²) in [4.78, 5) is 64.3. The maximum Gasteiger partial charge on any atom is 0.408 e. The minimum atomic E-state index is -1.30. The molecule has 2 fully saturated rings. The molecule has 0 aromatic heterocycles. The average Bonchev–Trinajstić information content (AvgIpc) is 3.37. The molecule has 4 unspecified atom stereocenters. The van der Waals surface area contributed by atoms with Gasteiger partial charge in [-0.2, -0.15) is 0 Å². The van der Waals surface area contributed by atoms with Crippen LogP contribution in [0, 0.1) is 11.8 Å². The fraction of sp³-hybridized carbons (Fsp3) is 0.656. The highest BCUT2D eigenvalue weighted by molar-refractivity contribution is 5.93. The Labute approximate surface area is 259 Å². The Bertz CT molecular complexity index is 1130. The highest BCUT2D eigenvalue weighted by atomic mass is 16.6. The molecule has 244 valence electrons. The Kier molecular flexibility index (Phi) is 13.0. The van der Waals surface area contributed by atoms with Gasteiger partial charge in [0, 0.05) is 12.5 Å². The molecule has 0 spiro atoms. The Hall–Kier alpha value is -3.67. The van der Waals surface area contributed by atoms with Crippen molar-refractivity contribution >= 4 is 29.8 Å². The second-order valence-corrected chi connectivity index (χ2v) is 12.8. The molecule has 1 aromatic carbocycles. The van der Waals surface area contributed by atoms with E-state index in [4.69, 9.17) is 9.47 Å². The van der Waals surface area contributed by atoms with Crippen molar-refractivity contribution in [3.05, 3.63) is 35.9 Å². The van der Waals surface area contributed by atoms with Gasteiger partial charge in [-0.15, -0.1) is 0 Å². The molecule has 1 aliphatic heterocycles. The number of carbonyl (C=O) groups excluding carboxylic acids is 4. The van der Waals surface area contributed by atoms with Gasteiger partial charge in [0.2, 0.25) is 17.7 Å². The van der Waals surface area contributed by atoms with Crippen molar-refractivity contribution in [1.82, 2.24) is 21.3 Å². The van der Waals surface area contributed by atoms with E-state index in [9.17, 15) is 29.1 Å². The first-order valence-corrected chi connectivity index (χ1v) is 15.6. The monoisotopic (exact) mass is 616 g/mol. The van der Waals surface area contributed by atoms with Gasteiger partial charge >= 0.3 is 12.1 Å². The van der Waals surface area contributed by atoms with Gasteiger partial charge in [-0.3, -0.25) is 14.4 Å². The molecule has 5 atom stereocenters. The quantitative estimate of drug-likeness (QED) is 0.212. The lowest BCUT2D eigenvalue weighted by Crippen LogP contribution is -2.59. The third-order valence-corrected chi connectivity index (χ3v) is 8.00. The van der Waals surface area contributed by atoms with E-state index in [1.165, 1.54) is 0 Å². The number of rotatable bonds is 14. The van der Waals surface area contributed by atoms with Gasteiger partial charge in [-0.25, -0.2) is 9.59 Å². The summed E-state index contributed by atoms with van der Waals surface area (Å²) in [6, 6.07) is 5.53. The van der Waals surface area contributed by atoms with E-state index in [-0.39, 0.29) is 24.9 Å². The van der Waals surface area contributed by atoms with Crippen molar-refractivity contribution in [2.45, 2.75) is 115 Å². The van der Waals surface area contributed by atoms with Gasteiger partial charge in [0.1, 0.15) is 24.7 Å². The largest absolute Gasteiger partial charge is 0.480 e. The Morgan fingerprint density at radius 3 is 2.18 bits per heavy atom. The van der Waals surface area contributed by atoms with Crippen LogP contribution in [0.25, 0.3) is 0 Å². The van der Waals surface area contributed by atoms with Crippen LogP contribution in [0.1, 0.15) is 84.6 Å². The number of nitrogens with one attached hydrogen (secondary N) is 4. The second kappa shape index (κ2) is 16.4. The second-order valence-electron chi connectivity index (χ2n) is 12.8. The molecule has 0 radical (unpaired) electrons. The Morgan fingerprint density at radius 2 is 1.59 bits per heavy atom. The molecular weight excluding hydrogens is 568 g/mol. The molecule has 1 aromatic rings. The van der Waals surface area contributed by atoms with Crippen LogP contribution < -0.4 is 21.3 Å². The topological polar surface area (TPSA) is 172 Å². The van der Waals surface area contributed by atoms with Crippen molar-refractivity contribution in [3.63, 3.8) is 0 Å². The first kappa shape index (κ1) is 34.8. The van der Waals surface area contributed by atoms with Gasteiger partial charge < -0.3 is 35.8 Å². The van der Waals surface area contributed by atoms with Crippen LogP contribution in [-0.4, -0.2) is 71.3 Å². The van der Waals surface area contributed by atoms with E-state index in [1.807, 2.05) is 39.0 Å². The van der Waals surface area contributed by atoms with E-state index in [2.05, 4.69) is 21.3 Å².